The predicted molar refractivity (Wildman–Crippen MR) is 132 cm³/mol. The summed E-state index contributed by atoms with van der Waals surface area (Å²) in [6.07, 6.45) is 3.38. The molecule has 0 bridgehead atoms. The Balaban J connectivity index is 1.43. The molecule has 1 aliphatic heterocycles. The molecule has 2 aromatic heterocycles. The molecule has 8 heteroatoms. The average Bonchev–Trinajstić information content (AvgIpc) is 3.19. The second-order valence-corrected chi connectivity index (χ2v) is 8.57. The first kappa shape index (κ1) is 22.8. The van der Waals surface area contributed by atoms with Crippen LogP contribution in [0.5, 0.6) is 0 Å². The minimum atomic E-state index is -0.0895. The molecule has 33 heavy (non-hydrogen) atoms. The van der Waals surface area contributed by atoms with Crippen LogP contribution < -0.4 is 15.1 Å². The van der Waals surface area contributed by atoms with E-state index in [-0.39, 0.29) is 11.8 Å². The second kappa shape index (κ2) is 10.0. The van der Waals surface area contributed by atoms with Gasteiger partial charge in [-0.25, -0.2) is 14.6 Å². The van der Waals surface area contributed by atoms with Gasteiger partial charge in [-0.15, -0.1) is 0 Å². The lowest BCUT2D eigenvalue weighted by Gasteiger charge is -2.33. The van der Waals surface area contributed by atoms with E-state index in [9.17, 15) is 4.79 Å². The van der Waals surface area contributed by atoms with Crippen molar-refractivity contribution >= 4 is 23.1 Å². The molecule has 174 valence electrons. The van der Waals surface area contributed by atoms with Crippen LogP contribution in [-0.2, 0) is 4.79 Å². The van der Waals surface area contributed by atoms with Crippen LogP contribution in [0.15, 0.2) is 42.7 Å². The maximum Gasteiger partial charge on any atom is 0.229 e. The Kier molecular flexibility index (Phi) is 6.91. The maximum atomic E-state index is 13.0. The number of amides is 1. The lowest BCUT2D eigenvalue weighted by molar-refractivity contribution is -0.120. The molecule has 0 spiro atoms. The van der Waals surface area contributed by atoms with Gasteiger partial charge in [-0.2, -0.15) is 5.10 Å². The Hall–Kier alpha value is -3.42. The van der Waals surface area contributed by atoms with Crippen molar-refractivity contribution < 1.29 is 4.79 Å². The van der Waals surface area contributed by atoms with Crippen LogP contribution in [0, 0.1) is 19.8 Å². The van der Waals surface area contributed by atoms with Crippen molar-refractivity contribution in [2.75, 3.05) is 41.3 Å². The van der Waals surface area contributed by atoms with Crippen molar-refractivity contribution in [3.05, 3.63) is 54.1 Å². The zero-order valence-corrected chi connectivity index (χ0v) is 20.0. The van der Waals surface area contributed by atoms with Crippen molar-refractivity contribution in [1.29, 1.82) is 0 Å². The molecular weight excluding hydrogens is 414 g/mol. The summed E-state index contributed by atoms with van der Waals surface area (Å²) in [6.45, 7) is 11.7. The van der Waals surface area contributed by atoms with Crippen LogP contribution in [-0.4, -0.2) is 51.8 Å². The molecule has 1 N–H and O–H groups in total. The summed E-state index contributed by atoms with van der Waals surface area (Å²) >= 11 is 0. The number of rotatable bonds is 7. The van der Waals surface area contributed by atoms with Crippen LogP contribution in [0.2, 0.25) is 0 Å². The first-order valence-electron chi connectivity index (χ1n) is 11.7. The van der Waals surface area contributed by atoms with Gasteiger partial charge in [-0.05, 0) is 70.9 Å². The summed E-state index contributed by atoms with van der Waals surface area (Å²) in [5, 5.41) is 7.63. The van der Waals surface area contributed by atoms with Crippen LogP contribution in [0.1, 0.15) is 38.1 Å². The van der Waals surface area contributed by atoms with Gasteiger partial charge in [-0.3, -0.25) is 4.79 Å². The van der Waals surface area contributed by atoms with E-state index in [2.05, 4.69) is 56.2 Å². The zero-order valence-electron chi connectivity index (χ0n) is 20.0. The molecule has 3 heterocycles. The Morgan fingerprint density at radius 2 is 1.82 bits per heavy atom. The Labute approximate surface area is 195 Å². The number of hydrogen-bond donors (Lipinski definition) is 1. The summed E-state index contributed by atoms with van der Waals surface area (Å²) in [5.74, 6) is 1.54. The molecule has 1 aromatic carbocycles. The van der Waals surface area contributed by atoms with E-state index < -0.39 is 0 Å². The van der Waals surface area contributed by atoms with E-state index in [1.807, 2.05) is 42.8 Å². The van der Waals surface area contributed by atoms with Crippen molar-refractivity contribution in [2.45, 2.75) is 40.5 Å². The van der Waals surface area contributed by atoms with E-state index in [0.29, 0.717) is 6.54 Å². The molecule has 8 nitrogen and oxygen atoms in total. The number of aromatic nitrogens is 4. The Morgan fingerprint density at radius 1 is 1.09 bits per heavy atom. The summed E-state index contributed by atoms with van der Waals surface area (Å²) in [5.41, 5.74) is 3.98. The number of nitrogens with zero attached hydrogens (tertiary/aromatic N) is 6. The van der Waals surface area contributed by atoms with Gasteiger partial charge in [0.15, 0.2) is 5.82 Å². The van der Waals surface area contributed by atoms with Crippen molar-refractivity contribution in [1.82, 2.24) is 19.7 Å². The molecule has 4 rings (SSSR count). The Bertz CT molecular complexity index is 1090. The Morgan fingerprint density at radius 3 is 2.48 bits per heavy atom. The van der Waals surface area contributed by atoms with Crippen LogP contribution in [0.4, 0.5) is 17.2 Å². The third-order valence-electron chi connectivity index (χ3n) is 6.24. The molecule has 3 aromatic rings. The minimum Gasteiger partial charge on any atom is -0.372 e. The number of carbonyl (C=O) groups excluding carboxylic acids is 1. The van der Waals surface area contributed by atoms with Gasteiger partial charge in [0, 0.05) is 49.3 Å². The molecule has 0 saturated carbocycles. The highest BCUT2D eigenvalue weighted by atomic mass is 16.1. The molecular formula is C25H33N7O. The fraction of sp³-hybridized carbons (Fsp3) is 0.440. The van der Waals surface area contributed by atoms with E-state index in [4.69, 9.17) is 0 Å². The lowest BCUT2D eigenvalue weighted by Crippen LogP contribution is -2.41. The van der Waals surface area contributed by atoms with Gasteiger partial charge in [0.2, 0.25) is 5.91 Å². The normalized spacial score (nSPS) is 16.0. The average molecular weight is 448 g/mol. The van der Waals surface area contributed by atoms with Gasteiger partial charge >= 0.3 is 0 Å². The summed E-state index contributed by atoms with van der Waals surface area (Å²) in [6, 6.07) is 12.1. The highest BCUT2D eigenvalue weighted by molar-refractivity contribution is 5.93. The van der Waals surface area contributed by atoms with Crippen LogP contribution in [0.25, 0.3) is 5.82 Å². The molecule has 1 unspecified atom stereocenters. The fourth-order valence-corrected chi connectivity index (χ4v) is 4.47. The number of anilines is 3. The molecule has 1 saturated heterocycles. The minimum absolute atomic E-state index is 0.0584. The van der Waals surface area contributed by atoms with Crippen LogP contribution >= 0.6 is 0 Å². The SMILES string of the molecule is CCN(CC)c1ccc(NC(=O)C2CCCN(c3cc(-n4nc(C)cc4C)ncn3)C2)cc1. The summed E-state index contributed by atoms with van der Waals surface area (Å²) in [4.78, 5) is 26.4. The number of hydrogen-bond acceptors (Lipinski definition) is 6. The van der Waals surface area contributed by atoms with Crippen molar-refractivity contribution in [3.8, 4) is 5.82 Å². The standard InChI is InChI=1S/C25H33N7O/c1-5-30(6-2)22-11-9-21(10-12-22)28-25(33)20-8-7-13-31(16-20)23-15-24(27-17-26-23)32-19(4)14-18(3)29-32/h9-12,14-15,17,20H,5-8,13,16H2,1-4H3,(H,28,33). The summed E-state index contributed by atoms with van der Waals surface area (Å²) in [7, 11) is 0. The highest BCUT2D eigenvalue weighted by Crippen LogP contribution is 2.25. The summed E-state index contributed by atoms with van der Waals surface area (Å²) < 4.78 is 1.83. The predicted octanol–water partition coefficient (Wildman–Crippen LogP) is 3.98. The molecule has 1 amide bonds. The van der Waals surface area contributed by atoms with E-state index in [1.165, 1.54) is 5.69 Å². The van der Waals surface area contributed by atoms with Gasteiger partial charge < -0.3 is 15.1 Å². The zero-order chi connectivity index (χ0) is 23.4. The van der Waals surface area contributed by atoms with Crippen molar-refractivity contribution in [2.24, 2.45) is 5.92 Å². The number of nitrogens with one attached hydrogen (secondary N) is 1. The number of piperidine rings is 1. The first-order valence-corrected chi connectivity index (χ1v) is 11.7. The third-order valence-corrected chi connectivity index (χ3v) is 6.24. The molecule has 0 radical (unpaired) electrons. The number of carbonyl (C=O) groups is 1. The molecule has 1 atom stereocenters. The molecule has 0 aliphatic carbocycles. The van der Waals surface area contributed by atoms with Gasteiger partial charge in [-0.1, -0.05) is 0 Å². The largest absolute Gasteiger partial charge is 0.372 e. The van der Waals surface area contributed by atoms with E-state index >= 15 is 0 Å². The van der Waals surface area contributed by atoms with Gasteiger partial charge in [0.05, 0.1) is 11.6 Å². The molecule has 1 fully saturated rings. The van der Waals surface area contributed by atoms with E-state index in [0.717, 1.165) is 61.2 Å². The monoisotopic (exact) mass is 447 g/mol. The second-order valence-electron chi connectivity index (χ2n) is 8.57. The highest BCUT2D eigenvalue weighted by Gasteiger charge is 2.27. The van der Waals surface area contributed by atoms with Crippen LogP contribution in [0.3, 0.4) is 0 Å². The fourth-order valence-electron chi connectivity index (χ4n) is 4.47. The van der Waals surface area contributed by atoms with Gasteiger partial charge in [0.25, 0.3) is 0 Å². The number of benzene rings is 1. The number of aryl methyl sites for hydroxylation is 2. The topological polar surface area (TPSA) is 79.2 Å². The smallest absolute Gasteiger partial charge is 0.229 e. The van der Waals surface area contributed by atoms with Crippen molar-refractivity contribution in [3.63, 3.8) is 0 Å². The van der Waals surface area contributed by atoms with Gasteiger partial charge in [0.1, 0.15) is 12.1 Å². The first-order chi connectivity index (χ1) is 16.0. The molecule has 1 aliphatic rings. The maximum absolute atomic E-state index is 13.0. The van der Waals surface area contributed by atoms with E-state index in [1.54, 1.807) is 6.33 Å². The quantitative estimate of drug-likeness (QED) is 0.590. The third kappa shape index (κ3) is 5.16. The lowest BCUT2D eigenvalue weighted by atomic mass is 9.97.